The minimum atomic E-state index is -0.351. The maximum Gasteiger partial charge on any atom is 0.282 e. The van der Waals surface area contributed by atoms with Gasteiger partial charge >= 0.3 is 0 Å². The van der Waals surface area contributed by atoms with E-state index >= 15 is 0 Å². The molecule has 0 bridgehead atoms. The number of hydrogen-bond acceptors (Lipinski definition) is 5. The number of hydrogen-bond donors (Lipinski definition) is 1. The molecule has 2 aromatic heterocycles. The molecule has 1 aromatic carbocycles. The van der Waals surface area contributed by atoms with E-state index in [9.17, 15) is 9.18 Å². The lowest BCUT2D eigenvalue weighted by Crippen LogP contribution is -2.22. The molecular formula is C16H10BrClFN3OS2. The normalized spacial score (nSPS) is 11.6. The summed E-state index contributed by atoms with van der Waals surface area (Å²) in [5.74, 6) is -0.667. The van der Waals surface area contributed by atoms with Gasteiger partial charge in [-0.1, -0.05) is 35.1 Å². The molecule has 0 saturated heterocycles. The fourth-order valence-corrected chi connectivity index (χ4v) is 4.23. The van der Waals surface area contributed by atoms with Crippen molar-refractivity contribution in [2.75, 3.05) is 0 Å². The second-order valence-electron chi connectivity index (χ2n) is 4.86. The van der Waals surface area contributed by atoms with E-state index in [4.69, 9.17) is 11.6 Å². The molecule has 4 nitrogen and oxygen atoms in total. The minimum Gasteiger partial charge on any atom is -0.346 e. The van der Waals surface area contributed by atoms with Crippen LogP contribution in [0.4, 0.5) is 4.39 Å². The number of carbonyl (C=O) groups is 1. The zero-order chi connectivity index (χ0) is 17.8. The Kier molecular flexibility index (Phi) is 5.95. The Bertz CT molecular complexity index is 924. The summed E-state index contributed by atoms with van der Waals surface area (Å²) in [5.41, 5.74) is 0.792. The standard InChI is InChI=1S/C16H10BrClFN3OS2/c17-13-6-5-11(24-13)7-12(18)15-21-22-16(25-15)14(23)20-8-9-1-3-10(19)4-2-9/h1-7H,8H2,(H,20,23). The lowest BCUT2D eigenvalue weighted by molar-refractivity contribution is 0.0950. The number of nitrogens with zero attached hydrogens (tertiary/aromatic N) is 2. The van der Waals surface area contributed by atoms with Gasteiger partial charge in [0, 0.05) is 11.4 Å². The molecule has 0 atom stereocenters. The SMILES string of the molecule is O=C(NCc1ccc(F)cc1)c1nnc(C(Cl)=Cc2ccc(Br)s2)s1. The molecular weight excluding hydrogens is 449 g/mol. The van der Waals surface area contributed by atoms with Crippen molar-refractivity contribution in [3.8, 4) is 0 Å². The molecule has 1 N–H and O–H groups in total. The average Bonchev–Trinajstić information content (AvgIpc) is 3.23. The van der Waals surface area contributed by atoms with E-state index in [1.807, 2.05) is 12.1 Å². The Morgan fingerprint density at radius 3 is 2.56 bits per heavy atom. The highest BCUT2D eigenvalue weighted by atomic mass is 79.9. The molecule has 128 valence electrons. The second-order valence-corrected chi connectivity index (χ2v) is 8.73. The first-order valence-electron chi connectivity index (χ1n) is 7.00. The van der Waals surface area contributed by atoms with Gasteiger partial charge in [0.05, 0.1) is 8.82 Å². The van der Waals surface area contributed by atoms with E-state index in [0.29, 0.717) is 10.0 Å². The highest BCUT2D eigenvalue weighted by molar-refractivity contribution is 9.11. The topological polar surface area (TPSA) is 54.9 Å². The van der Waals surface area contributed by atoms with Gasteiger partial charge in [-0.15, -0.1) is 21.5 Å². The van der Waals surface area contributed by atoms with Crippen molar-refractivity contribution in [1.29, 1.82) is 0 Å². The van der Waals surface area contributed by atoms with Crippen LogP contribution < -0.4 is 5.32 Å². The summed E-state index contributed by atoms with van der Waals surface area (Å²) >= 11 is 12.3. The highest BCUT2D eigenvalue weighted by Crippen LogP contribution is 2.29. The van der Waals surface area contributed by atoms with Crippen LogP contribution >= 0.6 is 50.2 Å². The van der Waals surface area contributed by atoms with E-state index in [2.05, 4.69) is 31.4 Å². The molecule has 0 aliphatic rings. The molecule has 3 aromatic rings. The van der Waals surface area contributed by atoms with E-state index in [-0.39, 0.29) is 23.3 Å². The summed E-state index contributed by atoms with van der Waals surface area (Å²) in [6.07, 6.45) is 1.78. The van der Waals surface area contributed by atoms with Crippen LogP contribution in [0.15, 0.2) is 40.2 Å². The molecule has 1 amide bonds. The second kappa shape index (κ2) is 8.18. The van der Waals surface area contributed by atoms with Gasteiger partial charge in [0.25, 0.3) is 5.91 Å². The number of thiophene rings is 1. The zero-order valence-electron chi connectivity index (χ0n) is 12.5. The molecule has 2 heterocycles. The number of halogens is 3. The smallest absolute Gasteiger partial charge is 0.282 e. The summed E-state index contributed by atoms with van der Waals surface area (Å²) in [7, 11) is 0. The Hall–Kier alpha value is -1.61. The van der Waals surface area contributed by atoms with Crippen LogP contribution in [0.3, 0.4) is 0 Å². The molecule has 0 saturated carbocycles. The predicted molar refractivity (Wildman–Crippen MR) is 103 cm³/mol. The lowest BCUT2D eigenvalue weighted by Gasteiger charge is -2.02. The summed E-state index contributed by atoms with van der Waals surface area (Å²) in [6.45, 7) is 0.279. The van der Waals surface area contributed by atoms with E-state index in [1.54, 1.807) is 18.2 Å². The first-order chi connectivity index (χ1) is 12.0. The Morgan fingerprint density at radius 2 is 1.88 bits per heavy atom. The molecule has 0 unspecified atom stereocenters. The van der Waals surface area contributed by atoms with Crippen LogP contribution in [-0.2, 0) is 6.54 Å². The van der Waals surface area contributed by atoms with Gasteiger partial charge < -0.3 is 5.32 Å². The number of carbonyl (C=O) groups excluding carboxylic acids is 1. The van der Waals surface area contributed by atoms with E-state index in [0.717, 1.165) is 25.6 Å². The first-order valence-corrected chi connectivity index (χ1v) is 9.81. The number of rotatable bonds is 5. The van der Waals surface area contributed by atoms with Crippen LogP contribution in [0.25, 0.3) is 11.1 Å². The molecule has 0 fully saturated rings. The number of benzene rings is 1. The van der Waals surface area contributed by atoms with Crippen molar-refractivity contribution in [2.45, 2.75) is 6.54 Å². The van der Waals surface area contributed by atoms with Crippen LogP contribution in [0.1, 0.15) is 25.3 Å². The maximum absolute atomic E-state index is 12.9. The van der Waals surface area contributed by atoms with Crippen molar-refractivity contribution < 1.29 is 9.18 Å². The Balaban J connectivity index is 1.64. The maximum atomic E-state index is 12.9. The van der Waals surface area contributed by atoms with Crippen LogP contribution in [0, 0.1) is 5.82 Å². The van der Waals surface area contributed by atoms with Gasteiger partial charge in [-0.05, 0) is 51.8 Å². The monoisotopic (exact) mass is 457 g/mol. The molecule has 9 heteroatoms. The molecule has 0 spiro atoms. The summed E-state index contributed by atoms with van der Waals surface area (Å²) in [6, 6.07) is 9.76. The zero-order valence-corrected chi connectivity index (χ0v) is 16.5. The first kappa shape index (κ1) is 18.2. The molecule has 25 heavy (non-hydrogen) atoms. The molecule has 0 radical (unpaired) electrons. The summed E-state index contributed by atoms with van der Waals surface area (Å²) in [5, 5.41) is 11.7. The van der Waals surface area contributed by atoms with Crippen molar-refractivity contribution in [1.82, 2.24) is 15.5 Å². The van der Waals surface area contributed by atoms with Crippen molar-refractivity contribution >= 4 is 67.2 Å². The van der Waals surface area contributed by atoms with Crippen molar-refractivity contribution in [2.24, 2.45) is 0 Å². The fourth-order valence-electron chi connectivity index (χ4n) is 1.86. The van der Waals surface area contributed by atoms with Gasteiger partial charge in [-0.2, -0.15) is 0 Å². The van der Waals surface area contributed by atoms with Crippen molar-refractivity contribution in [3.63, 3.8) is 0 Å². The van der Waals surface area contributed by atoms with E-state index < -0.39 is 0 Å². The predicted octanol–water partition coefficient (Wildman–Crippen LogP) is 5.17. The number of aromatic nitrogens is 2. The summed E-state index contributed by atoms with van der Waals surface area (Å²) < 4.78 is 13.9. The van der Waals surface area contributed by atoms with Gasteiger partial charge in [0.2, 0.25) is 5.01 Å². The number of nitrogens with one attached hydrogen (secondary N) is 1. The minimum absolute atomic E-state index is 0.219. The fraction of sp³-hybridized carbons (Fsp3) is 0.0625. The highest BCUT2D eigenvalue weighted by Gasteiger charge is 2.14. The quantitative estimate of drug-likeness (QED) is 0.574. The van der Waals surface area contributed by atoms with Gasteiger partial charge in [-0.3, -0.25) is 4.79 Å². The average molecular weight is 459 g/mol. The third-order valence-corrected chi connectivity index (χ3v) is 5.98. The largest absolute Gasteiger partial charge is 0.346 e. The Morgan fingerprint density at radius 1 is 1.16 bits per heavy atom. The van der Waals surface area contributed by atoms with Crippen molar-refractivity contribution in [3.05, 3.63) is 66.5 Å². The van der Waals surface area contributed by atoms with Gasteiger partial charge in [0.1, 0.15) is 5.82 Å². The third kappa shape index (κ3) is 4.94. The Labute approximate surface area is 164 Å². The molecule has 3 rings (SSSR count). The van der Waals surface area contributed by atoms with E-state index in [1.165, 1.54) is 23.5 Å². The molecule has 0 aliphatic heterocycles. The van der Waals surface area contributed by atoms with Gasteiger partial charge in [0.15, 0.2) is 5.01 Å². The summed E-state index contributed by atoms with van der Waals surface area (Å²) in [4.78, 5) is 13.1. The van der Waals surface area contributed by atoms with Crippen LogP contribution in [0.2, 0.25) is 0 Å². The molecule has 0 aliphatic carbocycles. The van der Waals surface area contributed by atoms with Crippen LogP contribution in [-0.4, -0.2) is 16.1 Å². The van der Waals surface area contributed by atoms with Gasteiger partial charge in [-0.25, -0.2) is 4.39 Å². The van der Waals surface area contributed by atoms with Crippen LogP contribution in [0.5, 0.6) is 0 Å². The third-order valence-electron chi connectivity index (χ3n) is 3.05. The lowest BCUT2D eigenvalue weighted by atomic mass is 10.2. The number of amides is 1.